The molecule has 1 N–H and O–H groups in total. The van der Waals surface area contributed by atoms with Crippen LogP contribution < -0.4 is 5.32 Å². The molecule has 0 saturated carbocycles. The molecule has 0 amide bonds. The smallest absolute Gasteiger partial charge is 0.123 e. The quantitative estimate of drug-likeness (QED) is 0.893. The molecular weight excluding hydrogens is 263 g/mol. The van der Waals surface area contributed by atoms with E-state index in [0.717, 1.165) is 18.5 Å². The number of nitrogens with one attached hydrogen (secondary N) is 1. The molecule has 21 heavy (non-hydrogen) atoms. The lowest BCUT2D eigenvalue weighted by Gasteiger charge is -2.24. The van der Waals surface area contributed by atoms with Gasteiger partial charge in [0.25, 0.3) is 0 Å². The first-order valence-electron chi connectivity index (χ1n) is 8.28. The first kappa shape index (κ1) is 16.4. The molecule has 0 bridgehead atoms. The lowest BCUT2D eigenvalue weighted by atomic mass is 10.0. The molecule has 3 heteroatoms. The van der Waals surface area contributed by atoms with E-state index in [0.29, 0.717) is 12.1 Å². The predicted octanol–water partition coefficient (Wildman–Crippen LogP) is 3.53. The summed E-state index contributed by atoms with van der Waals surface area (Å²) in [5.41, 5.74) is 2.31. The predicted molar refractivity (Wildman–Crippen MR) is 87.2 cm³/mol. The van der Waals surface area contributed by atoms with Crippen LogP contribution in [0.2, 0.25) is 0 Å². The van der Waals surface area contributed by atoms with Crippen molar-refractivity contribution < 1.29 is 4.39 Å². The van der Waals surface area contributed by atoms with E-state index in [-0.39, 0.29) is 5.82 Å². The molecule has 1 aliphatic heterocycles. The lowest BCUT2D eigenvalue weighted by Crippen LogP contribution is -2.34. The largest absolute Gasteiger partial charge is 0.314 e. The molecule has 118 valence electrons. The van der Waals surface area contributed by atoms with Gasteiger partial charge >= 0.3 is 0 Å². The average molecular weight is 292 g/mol. The van der Waals surface area contributed by atoms with Crippen molar-refractivity contribution in [2.24, 2.45) is 0 Å². The van der Waals surface area contributed by atoms with Crippen molar-refractivity contribution in [1.29, 1.82) is 0 Å². The van der Waals surface area contributed by atoms with Crippen molar-refractivity contribution >= 4 is 0 Å². The van der Waals surface area contributed by atoms with E-state index in [1.54, 1.807) is 12.1 Å². The van der Waals surface area contributed by atoms with Crippen LogP contribution in [0, 0.1) is 12.7 Å². The third-order valence-electron chi connectivity index (χ3n) is 4.62. The number of rotatable bonds is 5. The Balaban J connectivity index is 1.75. The standard InChI is InChI=1S/C18H29FN2/c1-14(2)21-11-4-5-18(9-12-21)20-10-8-16-6-7-17(19)13-15(16)3/h6-7,13-14,18,20H,4-5,8-12H2,1-3H3. The fraction of sp³-hybridized carbons (Fsp3) is 0.667. The van der Waals surface area contributed by atoms with Crippen molar-refractivity contribution in [3.63, 3.8) is 0 Å². The van der Waals surface area contributed by atoms with Crippen LogP contribution >= 0.6 is 0 Å². The summed E-state index contributed by atoms with van der Waals surface area (Å²) in [5, 5.41) is 3.69. The third-order valence-corrected chi connectivity index (χ3v) is 4.62. The topological polar surface area (TPSA) is 15.3 Å². The van der Waals surface area contributed by atoms with Crippen molar-refractivity contribution in [3.05, 3.63) is 35.1 Å². The molecule has 2 nitrogen and oxygen atoms in total. The molecule has 0 radical (unpaired) electrons. The Morgan fingerprint density at radius 1 is 1.29 bits per heavy atom. The van der Waals surface area contributed by atoms with Crippen LogP contribution in [-0.2, 0) is 6.42 Å². The van der Waals surface area contributed by atoms with E-state index in [9.17, 15) is 4.39 Å². The summed E-state index contributed by atoms with van der Waals surface area (Å²) in [6.45, 7) is 9.97. The maximum absolute atomic E-state index is 13.1. The number of benzene rings is 1. The molecular formula is C18H29FN2. The number of hydrogen-bond acceptors (Lipinski definition) is 2. The van der Waals surface area contributed by atoms with Crippen LogP contribution in [-0.4, -0.2) is 36.6 Å². The SMILES string of the molecule is Cc1cc(F)ccc1CCNC1CCCN(C(C)C)CC1. The number of likely N-dealkylation sites (tertiary alicyclic amines) is 1. The minimum atomic E-state index is -0.137. The number of halogens is 1. The Morgan fingerprint density at radius 2 is 2.10 bits per heavy atom. The van der Waals surface area contributed by atoms with Gasteiger partial charge < -0.3 is 10.2 Å². The highest BCUT2D eigenvalue weighted by molar-refractivity contribution is 5.26. The second kappa shape index (κ2) is 7.90. The van der Waals surface area contributed by atoms with E-state index >= 15 is 0 Å². The Morgan fingerprint density at radius 3 is 2.81 bits per heavy atom. The van der Waals surface area contributed by atoms with E-state index in [2.05, 4.69) is 24.1 Å². The summed E-state index contributed by atoms with van der Waals surface area (Å²) >= 11 is 0. The molecule has 1 aromatic carbocycles. The molecule has 1 aliphatic rings. The highest BCUT2D eigenvalue weighted by Gasteiger charge is 2.18. The summed E-state index contributed by atoms with van der Waals surface area (Å²) in [6, 6.07) is 6.40. The Labute approximate surface area is 128 Å². The molecule has 2 rings (SSSR count). The molecule has 1 atom stereocenters. The number of nitrogens with zero attached hydrogens (tertiary/aromatic N) is 1. The molecule has 0 aliphatic carbocycles. The normalized spacial score (nSPS) is 20.7. The van der Waals surface area contributed by atoms with Crippen LogP contribution in [0.4, 0.5) is 4.39 Å². The number of hydrogen-bond donors (Lipinski definition) is 1. The van der Waals surface area contributed by atoms with Gasteiger partial charge in [0, 0.05) is 12.1 Å². The highest BCUT2D eigenvalue weighted by Crippen LogP contribution is 2.14. The minimum absolute atomic E-state index is 0.137. The maximum Gasteiger partial charge on any atom is 0.123 e. The van der Waals surface area contributed by atoms with E-state index in [1.807, 2.05) is 13.0 Å². The van der Waals surface area contributed by atoms with E-state index < -0.39 is 0 Å². The van der Waals surface area contributed by atoms with Crippen molar-refractivity contribution in [2.45, 2.75) is 58.5 Å². The van der Waals surface area contributed by atoms with Gasteiger partial charge in [-0.05, 0) is 89.3 Å². The molecule has 1 saturated heterocycles. The molecule has 0 spiro atoms. The summed E-state index contributed by atoms with van der Waals surface area (Å²) in [6.07, 6.45) is 4.77. The molecule has 1 unspecified atom stereocenters. The van der Waals surface area contributed by atoms with Gasteiger partial charge in [0.15, 0.2) is 0 Å². The summed E-state index contributed by atoms with van der Waals surface area (Å²) in [7, 11) is 0. The first-order valence-corrected chi connectivity index (χ1v) is 8.28. The minimum Gasteiger partial charge on any atom is -0.314 e. The fourth-order valence-corrected chi connectivity index (χ4v) is 3.19. The zero-order valence-electron chi connectivity index (χ0n) is 13.7. The molecule has 1 fully saturated rings. The summed E-state index contributed by atoms with van der Waals surface area (Å²) < 4.78 is 13.1. The van der Waals surface area contributed by atoms with Gasteiger partial charge in [0.1, 0.15) is 5.82 Å². The van der Waals surface area contributed by atoms with E-state index in [4.69, 9.17) is 0 Å². The summed E-state index contributed by atoms with van der Waals surface area (Å²) in [4.78, 5) is 2.58. The molecule has 1 aromatic rings. The monoisotopic (exact) mass is 292 g/mol. The molecule has 1 heterocycles. The number of aryl methyl sites for hydroxylation is 1. The van der Waals surface area contributed by atoms with Crippen LogP contribution in [0.5, 0.6) is 0 Å². The van der Waals surface area contributed by atoms with Gasteiger partial charge in [-0.15, -0.1) is 0 Å². The summed E-state index contributed by atoms with van der Waals surface area (Å²) in [5.74, 6) is -0.137. The fourth-order valence-electron chi connectivity index (χ4n) is 3.19. The zero-order chi connectivity index (χ0) is 15.2. The maximum atomic E-state index is 13.1. The zero-order valence-corrected chi connectivity index (χ0v) is 13.7. The van der Waals surface area contributed by atoms with E-state index in [1.165, 1.54) is 37.9 Å². The van der Waals surface area contributed by atoms with Gasteiger partial charge in [-0.3, -0.25) is 0 Å². The first-order chi connectivity index (χ1) is 10.1. The second-order valence-corrected chi connectivity index (χ2v) is 6.53. The Kier molecular flexibility index (Phi) is 6.19. The highest BCUT2D eigenvalue weighted by atomic mass is 19.1. The van der Waals surface area contributed by atoms with Crippen molar-refractivity contribution in [1.82, 2.24) is 10.2 Å². The van der Waals surface area contributed by atoms with Gasteiger partial charge in [-0.2, -0.15) is 0 Å². The van der Waals surface area contributed by atoms with Gasteiger partial charge in [-0.1, -0.05) is 6.07 Å². The van der Waals surface area contributed by atoms with Crippen molar-refractivity contribution in [3.8, 4) is 0 Å². The van der Waals surface area contributed by atoms with Crippen LogP contribution in [0.3, 0.4) is 0 Å². The van der Waals surface area contributed by atoms with Crippen LogP contribution in [0.1, 0.15) is 44.2 Å². The average Bonchev–Trinajstić information content (AvgIpc) is 2.67. The Bertz CT molecular complexity index is 445. The second-order valence-electron chi connectivity index (χ2n) is 6.53. The van der Waals surface area contributed by atoms with Crippen molar-refractivity contribution in [2.75, 3.05) is 19.6 Å². The Hall–Kier alpha value is -0.930. The third kappa shape index (κ3) is 5.08. The van der Waals surface area contributed by atoms with Crippen LogP contribution in [0.25, 0.3) is 0 Å². The van der Waals surface area contributed by atoms with Gasteiger partial charge in [-0.25, -0.2) is 4.39 Å². The van der Waals surface area contributed by atoms with Gasteiger partial charge in [0.05, 0.1) is 0 Å². The van der Waals surface area contributed by atoms with Crippen LogP contribution in [0.15, 0.2) is 18.2 Å². The van der Waals surface area contributed by atoms with Gasteiger partial charge in [0.2, 0.25) is 0 Å². The lowest BCUT2D eigenvalue weighted by molar-refractivity contribution is 0.229. The molecule has 0 aromatic heterocycles.